The van der Waals surface area contributed by atoms with Crippen molar-refractivity contribution >= 4 is 0 Å². The van der Waals surface area contributed by atoms with Crippen molar-refractivity contribution < 1.29 is 56.9 Å². The molecule has 0 amide bonds. The van der Waals surface area contributed by atoms with E-state index in [0.717, 1.165) is 0 Å². The molecule has 0 bridgehead atoms. The molecule has 1 aliphatic heterocycles. The molecule has 1 saturated heterocycles. The van der Waals surface area contributed by atoms with Crippen LogP contribution in [0.25, 0.3) is 0 Å². The Balaban J connectivity index is 0. The van der Waals surface area contributed by atoms with E-state index in [2.05, 4.69) is 27.7 Å². The zero-order valence-corrected chi connectivity index (χ0v) is 20.6. The number of nitrogens with zero attached hydrogens (tertiary/aromatic N) is 2. The summed E-state index contributed by atoms with van der Waals surface area (Å²) in [5, 5.41) is 0. The van der Waals surface area contributed by atoms with Gasteiger partial charge in [0, 0.05) is 12.8 Å². The number of quaternary nitrogens is 2. The van der Waals surface area contributed by atoms with Gasteiger partial charge in [-0.25, -0.2) is 0 Å². The minimum Gasteiger partial charge on any atom is -1.00 e. The summed E-state index contributed by atoms with van der Waals surface area (Å²) in [6.45, 7) is 20.5. The van der Waals surface area contributed by atoms with E-state index in [1.807, 2.05) is 0 Å². The van der Waals surface area contributed by atoms with Crippen LogP contribution in [0.1, 0.15) is 72.6 Å². The van der Waals surface area contributed by atoms with Crippen LogP contribution in [0.15, 0.2) is 0 Å². The lowest BCUT2D eigenvalue weighted by molar-refractivity contribution is -0.923. The first-order valence-corrected chi connectivity index (χ1v) is 9.86. The molecule has 0 saturated carbocycles. The first-order valence-electron chi connectivity index (χ1n) is 9.86. The van der Waals surface area contributed by atoms with Crippen LogP contribution in [0, 0.1) is 0 Å². The van der Waals surface area contributed by atoms with Gasteiger partial charge in [-0.1, -0.05) is 6.42 Å². The monoisotopic (exact) mass is 552 g/mol. The van der Waals surface area contributed by atoms with Crippen LogP contribution in [0.4, 0.5) is 0 Å². The van der Waals surface area contributed by atoms with Gasteiger partial charge in [0.1, 0.15) is 0 Å². The molecule has 0 atom stereocenters. The molecule has 0 spiro atoms. The predicted molar refractivity (Wildman–Crippen MR) is 94.5 cm³/mol. The van der Waals surface area contributed by atoms with Gasteiger partial charge in [-0.3, -0.25) is 0 Å². The van der Waals surface area contributed by atoms with Crippen molar-refractivity contribution in [3.05, 3.63) is 0 Å². The minimum atomic E-state index is 0. The predicted octanol–water partition coefficient (Wildman–Crippen LogP) is -1.55. The quantitative estimate of drug-likeness (QED) is 0.157. The second-order valence-electron chi connectivity index (χ2n) is 7.32. The van der Waals surface area contributed by atoms with Crippen molar-refractivity contribution in [2.45, 2.75) is 72.6 Å². The Labute approximate surface area is 181 Å². The summed E-state index contributed by atoms with van der Waals surface area (Å²) in [4.78, 5) is 0. The fourth-order valence-corrected chi connectivity index (χ4v) is 4.27. The SMILES string of the molecule is CC[N+](CC)(CC)CCCCCCC[N+]1(CC)CCCC1.[I-].[I-]. The zero-order chi connectivity index (χ0) is 15.6. The van der Waals surface area contributed by atoms with Crippen LogP contribution in [0.3, 0.4) is 0 Å². The first-order chi connectivity index (χ1) is 10.2. The van der Waals surface area contributed by atoms with Gasteiger partial charge in [-0.2, -0.15) is 0 Å². The number of hydrogen-bond acceptors (Lipinski definition) is 0. The highest BCUT2D eigenvalue weighted by Crippen LogP contribution is 2.20. The molecule has 0 radical (unpaired) electrons. The zero-order valence-electron chi connectivity index (χ0n) is 16.3. The second-order valence-corrected chi connectivity index (χ2v) is 7.32. The highest BCUT2D eigenvalue weighted by Gasteiger charge is 2.28. The Bertz CT molecular complexity index is 241. The molecule has 0 unspecified atom stereocenters. The topological polar surface area (TPSA) is 0 Å². The molecule has 0 N–H and O–H groups in total. The average molecular weight is 552 g/mol. The maximum absolute atomic E-state index is 2.39. The summed E-state index contributed by atoms with van der Waals surface area (Å²) in [6, 6.07) is 0. The van der Waals surface area contributed by atoms with E-state index in [1.165, 1.54) is 106 Å². The Morgan fingerprint density at radius 3 is 1.65 bits per heavy atom. The summed E-state index contributed by atoms with van der Waals surface area (Å²) in [6.07, 6.45) is 10.2. The third-order valence-corrected chi connectivity index (χ3v) is 6.46. The second kappa shape index (κ2) is 14.5. The summed E-state index contributed by atoms with van der Waals surface area (Å²) >= 11 is 0. The molecular weight excluding hydrogens is 510 g/mol. The highest BCUT2D eigenvalue weighted by atomic mass is 127. The Hall–Kier alpha value is 1.38. The molecule has 0 aromatic rings. The van der Waals surface area contributed by atoms with Crippen molar-refractivity contribution in [3.63, 3.8) is 0 Å². The van der Waals surface area contributed by atoms with Gasteiger partial charge in [0.25, 0.3) is 0 Å². The van der Waals surface area contributed by atoms with E-state index < -0.39 is 0 Å². The lowest BCUT2D eigenvalue weighted by Crippen LogP contribution is -3.00. The third-order valence-electron chi connectivity index (χ3n) is 6.46. The number of rotatable bonds is 12. The standard InChI is InChI=1S/C19H42N2.2HI/c1-5-20(6-2,7-3)16-12-10-9-11-13-17-21(8-4)18-14-15-19-21;;/h5-19H2,1-4H3;2*1H/q+2;;/p-2. The van der Waals surface area contributed by atoms with Gasteiger partial charge in [0.15, 0.2) is 0 Å². The Morgan fingerprint density at radius 2 is 1.17 bits per heavy atom. The van der Waals surface area contributed by atoms with Gasteiger partial charge in [0.05, 0.1) is 52.4 Å². The summed E-state index contributed by atoms with van der Waals surface area (Å²) < 4.78 is 2.76. The van der Waals surface area contributed by atoms with E-state index in [0.29, 0.717) is 0 Å². The lowest BCUT2D eigenvalue weighted by atomic mass is 10.1. The van der Waals surface area contributed by atoms with Crippen LogP contribution >= 0.6 is 0 Å². The minimum absolute atomic E-state index is 0. The van der Waals surface area contributed by atoms with E-state index in [1.54, 1.807) is 0 Å². The molecule has 4 heteroatoms. The van der Waals surface area contributed by atoms with Crippen molar-refractivity contribution in [1.82, 2.24) is 0 Å². The first kappa shape index (κ1) is 26.6. The van der Waals surface area contributed by atoms with Gasteiger partial charge in [0.2, 0.25) is 0 Å². The molecule has 1 rings (SSSR count). The maximum atomic E-state index is 2.39. The van der Waals surface area contributed by atoms with E-state index >= 15 is 0 Å². The average Bonchev–Trinajstić information content (AvgIpc) is 3.00. The summed E-state index contributed by atoms with van der Waals surface area (Å²) in [7, 11) is 0. The van der Waals surface area contributed by atoms with E-state index in [-0.39, 0.29) is 48.0 Å². The molecule has 0 aromatic carbocycles. The van der Waals surface area contributed by atoms with Crippen molar-refractivity contribution in [2.75, 3.05) is 52.4 Å². The molecule has 1 aliphatic rings. The molecule has 1 fully saturated rings. The smallest absolute Gasteiger partial charge is 0.0788 e. The van der Waals surface area contributed by atoms with Crippen molar-refractivity contribution in [1.29, 1.82) is 0 Å². The fraction of sp³-hybridized carbons (Fsp3) is 1.00. The molecule has 2 nitrogen and oxygen atoms in total. The molecule has 0 aromatic heterocycles. The molecule has 0 aliphatic carbocycles. The highest BCUT2D eigenvalue weighted by molar-refractivity contribution is 4.55. The van der Waals surface area contributed by atoms with E-state index in [4.69, 9.17) is 0 Å². The van der Waals surface area contributed by atoms with Crippen LogP contribution in [0.2, 0.25) is 0 Å². The third kappa shape index (κ3) is 9.04. The van der Waals surface area contributed by atoms with Gasteiger partial charge in [-0.05, 0) is 53.4 Å². The molecule has 1 heterocycles. The van der Waals surface area contributed by atoms with E-state index in [9.17, 15) is 0 Å². The Morgan fingerprint density at radius 1 is 0.696 bits per heavy atom. The van der Waals surface area contributed by atoms with Gasteiger partial charge >= 0.3 is 0 Å². The van der Waals surface area contributed by atoms with Crippen LogP contribution in [0.5, 0.6) is 0 Å². The Kier molecular flexibility index (Phi) is 16.8. The number of halogens is 2. The van der Waals surface area contributed by atoms with Crippen LogP contribution in [-0.2, 0) is 0 Å². The van der Waals surface area contributed by atoms with Crippen molar-refractivity contribution in [2.24, 2.45) is 0 Å². The molecular formula is C19H42I2N2. The fourth-order valence-electron chi connectivity index (χ4n) is 4.27. The summed E-state index contributed by atoms with van der Waals surface area (Å²) in [5.74, 6) is 0. The normalized spacial score (nSPS) is 16.7. The van der Waals surface area contributed by atoms with Crippen LogP contribution < -0.4 is 48.0 Å². The number of hydrogen-bond donors (Lipinski definition) is 0. The number of unbranched alkanes of at least 4 members (excludes halogenated alkanes) is 4. The number of likely N-dealkylation sites (tertiary alicyclic amines) is 1. The van der Waals surface area contributed by atoms with Crippen molar-refractivity contribution in [3.8, 4) is 0 Å². The van der Waals surface area contributed by atoms with Crippen LogP contribution in [-0.4, -0.2) is 61.3 Å². The largest absolute Gasteiger partial charge is 1.00 e. The lowest BCUT2D eigenvalue weighted by Gasteiger charge is -2.36. The van der Waals surface area contributed by atoms with Gasteiger partial charge in [-0.15, -0.1) is 0 Å². The molecule has 23 heavy (non-hydrogen) atoms. The molecule has 142 valence electrons. The summed E-state index contributed by atoms with van der Waals surface area (Å²) in [5.41, 5.74) is 0. The van der Waals surface area contributed by atoms with Gasteiger partial charge < -0.3 is 56.9 Å². The maximum Gasteiger partial charge on any atom is 0.0788 e.